The van der Waals surface area contributed by atoms with Crippen molar-refractivity contribution in [3.05, 3.63) is 76.5 Å². The summed E-state index contributed by atoms with van der Waals surface area (Å²) in [5.74, 6) is 0.235. The second-order valence-corrected chi connectivity index (χ2v) is 6.69. The van der Waals surface area contributed by atoms with Crippen LogP contribution in [-0.2, 0) is 0 Å². The maximum absolute atomic E-state index is 13.5. The standard InChI is InChI=1S/C22H15N3O3/c1-11-16-17(20(26)12-7-9-13(28-2)10-8-12)18-19(23-22(16)25-24-11)14-5-3-4-6-15(14)21(18)27/h3-10H,1-2H3,(H,23,24,25). The Kier molecular flexibility index (Phi) is 3.42. The molecule has 0 amide bonds. The fraction of sp³-hybridized carbons (Fsp3) is 0.0909. The Labute approximate surface area is 160 Å². The first-order chi connectivity index (χ1) is 13.6. The minimum atomic E-state index is -0.239. The molecule has 1 aliphatic carbocycles. The van der Waals surface area contributed by atoms with Crippen LogP contribution in [0.5, 0.6) is 5.75 Å². The SMILES string of the molecule is COc1ccc(C(=O)c2c3c(nc4n[nH]c(C)c24)-c2ccccc2C3=O)cc1. The molecule has 2 aromatic heterocycles. The average molecular weight is 369 g/mol. The number of benzene rings is 2. The highest BCUT2D eigenvalue weighted by molar-refractivity contribution is 6.30. The Morgan fingerprint density at radius 1 is 1.04 bits per heavy atom. The van der Waals surface area contributed by atoms with Crippen molar-refractivity contribution < 1.29 is 14.3 Å². The van der Waals surface area contributed by atoms with Crippen LogP contribution >= 0.6 is 0 Å². The van der Waals surface area contributed by atoms with Crippen molar-refractivity contribution in [3.8, 4) is 17.0 Å². The molecule has 28 heavy (non-hydrogen) atoms. The molecular weight excluding hydrogens is 354 g/mol. The van der Waals surface area contributed by atoms with Crippen LogP contribution in [0.15, 0.2) is 48.5 Å². The normalized spacial score (nSPS) is 12.1. The van der Waals surface area contributed by atoms with Gasteiger partial charge in [-0.2, -0.15) is 5.10 Å². The molecule has 0 bridgehead atoms. The van der Waals surface area contributed by atoms with Gasteiger partial charge in [-0.3, -0.25) is 14.7 Å². The number of carbonyl (C=O) groups is 2. The lowest BCUT2D eigenvalue weighted by Gasteiger charge is -2.09. The highest BCUT2D eigenvalue weighted by atomic mass is 16.5. The van der Waals surface area contributed by atoms with Crippen molar-refractivity contribution in [1.29, 1.82) is 0 Å². The van der Waals surface area contributed by atoms with E-state index in [1.54, 1.807) is 37.4 Å². The summed E-state index contributed by atoms with van der Waals surface area (Å²) in [6.07, 6.45) is 0. The van der Waals surface area contributed by atoms with E-state index in [4.69, 9.17) is 4.74 Å². The number of carbonyl (C=O) groups excluding carboxylic acids is 2. The largest absolute Gasteiger partial charge is 0.497 e. The molecule has 0 atom stereocenters. The van der Waals surface area contributed by atoms with E-state index in [2.05, 4.69) is 15.2 Å². The second-order valence-electron chi connectivity index (χ2n) is 6.69. The molecule has 0 unspecified atom stereocenters. The number of methoxy groups -OCH3 is 1. The number of aromatic amines is 1. The quantitative estimate of drug-likeness (QED) is 0.490. The zero-order valence-electron chi connectivity index (χ0n) is 15.2. The summed E-state index contributed by atoms with van der Waals surface area (Å²) in [4.78, 5) is 31.3. The number of ketones is 2. The van der Waals surface area contributed by atoms with Gasteiger partial charge in [0.25, 0.3) is 0 Å². The van der Waals surface area contributed by atoms with E-state index >= 15 is 0 Å². The number of hydrogen-bond acceptors (Lipinski definition) is 5. The fourth-order valence-corrected chi connectivity index (χ4v) is 3.75. The molecule has 0 aliphatic heterocycles. The van der Waals surface area contributed by atoms with Gasteiger partial charge in [0.15, 0.2) is 17.2 Å². The Morgan fingerprint density at radius 3 is 2.46 bits per heavy atom. The molecule has 1 aliphatic rings. The Bertz CT molecular complexity index is 1290. The maximum atomic E-state index is 13.5. The zero-order chi connectivity index (χ0) is 19.4. The molecule has 0 radical (unpaired) electrons. The van der Waals surface area contributed by atoms with Crippen molar-refractivity contribution in [2.45, 2.75) is 6.92 Å². The van der Waals surface area contributed by atoms with Gasteiger partial charge in [0.05, 0.1) is 23.8 Å². The van der Waals surface area contributed by atoms with E-state index < -0.39 is 0 Å². The number of nitrogens with zero attached hydrogens (tertiary/aromatic N) is 2. The highest BCUT2D eigenvalue weighted by Crippen LogP contribution is 2.40. The topological polar surface area (TPSA) is 84.9 Å². The summed E-state index contributed by atoms with van der Waals surface area (Å²) in [6.45, 7) is 1.82. The molecule has 5 rings (SSSR count). The minimum absolute atomic E-state index is 0.183. The molecule has 2 heterocycles. The Balaban J connectivity index is 1.82. The second kappa shape index (κ2) is 5.85. The molecule has 0 saturated heterocycles. The van der Waals surface area contributed by atoms with Gasteiger partial charge in [-0.1, -0.05) is 24.3 Å². The van der Waals surface area contributed by atoms with Gasteiger partial charge in [0.1, 0.15) is 5.75 Å². The van der Waals surface area contributed by atoms with E-state index in [0.29, 0.717) is 50.4 Å². The molecule has 0 spiro atoms. The number of ether oxygens (including phenoxy) is 1. The lowest BCUT2D eigenvalue weighted by molar-refractivity contribution is 0.101. The fourth-order valence-electron chi connectivity index (χ4n) is 3.75. The first-order valence-electron chi connectivity index (χ1n) is 8.81. The summed E-state index contributed by atoms with van der Waals surface area (Å²) in [5, 5.41) is 7.71. The van der Waals surface area contributed by atoms with Crippen molar-refractivity contribution in [2.75, 3.05) is 7.11 Å². The van der Waals surface area contributed by atoms with Gasteiger partial charge in [-0.05, 0) is 31.2 Å². The van der Waals surface area contributed by atoms with Crippen molar-refractivity contribution in [2.24, 2.45) is 0 Å². The van der Waals surface area contributed by atoms with Crippen LogP contribution in [0.4, 0.5) is 0 Å². The third kappa shape index (κ3) is 2.15. The highest BCUT2D eigenvalue weighted by Gasteiger charge is 2.35. The van der Waals surface area contributed by atoms with Gasteiger partial charge < -0.3 is 4.74 Å². The smallest absolute Gasteiger partial charge is 0.196 e. The lowest BCUT2D eigenvalue weighted by Crippen LogP contribution is -2.11. The maximum Gasteiger partial charge on any atom is 0.196 e. The van der Waals surface area contributed by atoms with Crippen molar-refractivity contribution in [3.63, 3.8) is 0 Å². The van der Waals surface area contributed by atoms with E-state index in [-0.39, 0.29) is 11.6 Å². The van der Waals surface area contributed by atoms with E-state index in [1.165, 1.54) is 0 Å². The van der Waals surface area contributed by atoms with Crippen LogP contribution in [0.2, 0.25) is 0 Å². The number of hydrogen-bond donors (Lipinski definition) is 1. The molecule has 0 saturated carbocycles. The first kappa shape index (κ1) is 16.4. The van der Waals surface area contributed by atoms with Crippen LogP contribution in [0.1, 0.15) is 37.5 Å². The first-order valence-corrected chi connectivity index (χ1v) is 8.81. The average Bonchev–Trinajstić information content (AvgIpc) is 3.25. The van der Waals surface area contributed by atoms with Crippen LogP contribution in [0, 0.1) is 6.92 Å². The molecule has 0 fully saturated rings. The number of aryl methyl sites for hydroxylation is 1. The van der Waals surface area contributed by atoms with Crippen LogP contribution in [0.25, 0.3) is 22.3 Å². The van der Waals surface area contributed by atoms with Crippen molar-refractivity contribution >= 4 is 22.6 Å². The van der Waals surface area contributed by atoms with Crippen LogP contribution in [-0.4, -0.2) is 33.9 Å². The number of rotatable bonds is 3. The minimum Gasteiger partial charge on any atom is -0.497 e. The third-order valence-corrected chi connectivity index (χ3v) is 5.12. The predicted molar refractivity (Wildman–Crippen MR) is 104 cm³/mol. The van der Waals surface area contributed by atoms with Gasteiger partial charge in [0, 0.05) is 27.9 Å². The lowest BCUT2D eigenvalue weighted by atomic mass is 9.93. The monoisotopic (exact) mass is 369 g/mol. The van der Waals surface area contributed by atoms with E-state index in [0.717, 1.165) is 5.56 Å². The molecule has 6 heteroatoms. The summed E-state index contributed by atoms with van der Waals surface area (Å²) >= 11 is 0. The summed E-state index contributed by atoms with van der Waals surface area (Å²) in [7, 11) is 1.57. The molecule has 1 N–H and O–H groups in total. The number of fused-ring (bicyclic) bond motifs is 4. The molecule has 4 aromatic rings. The Morgan fingerprint density at radius 2 is 1.75 bits per heavy atom. The van der Waals surface area contributed by atoms with Gasteiger partial charge >= 0.3 is 0 Å². The number of aromatic nitrogens is 3. The van der Waals surface area contributed by atoms with E-state index in [1.807, 2.05) is 25.1 Å². The van der Waals surface area contributed by atoms with Gasteiger partial charge in [0.2, 0.25) is 0 Å². The van der Waals surface area contributed by atoms with Gasteiger partial charge in [-0.15, -0.1) is 0 Å². The van der Waals surface area contributed by atoms with Crippen molar-refractivity contribution in [1.82, 2.24) is 15.2 Å². The Hall–Kier alpha value is -3.80. The third-order valence-electron chi connectivity index (χ3n) is 5.12. The molecule has 6 nitrogen and oxygen atoms in total. The summed E-state index contributed by atoms with van der Waals surface area (Å²) < 4.78 is 5.17. The molecule has 2 aromatic carbocycles. The summed E-state index contributed by atoms with van der Waals surface area (Å²) in [6, 6.07) is 14.1. The number of nitrogens with one attached hydrogen (secondary N) is 1. The van der Waals surface area contributed by atoms with Crippen LogP contribution < -0.4 is 4.74 Å². The zero-order valence-corrected chi connectivity index (χ0v) is 15.2. The molecule has 136 valence electrons. The van der Waals surface area contributed by atoms with Crippen LogP contribution in [0.3, 0.4) is 0 Å². The van der Waals surface area contributed by atoms with E-state index in [9.17, 15) is 9.59 Å². The van der Waals surface area contributed by atoms with Gasteiger partial charge in [-0.25, -0.2) is 4.98 Å². The number of pyridine rings is 1. The molecular formula is C22H15N3O3. The summed E-state index contributed by atoms with van der Waals surface area (Å²) in [5.41, 5.74) is 4.09. The predicted octanol–water partition coefficient (Wildman–Crippen LogP) is 3.72. The number of H-pyrrole nitrogens is 1.